The molecule has 10 nitrogen and oxygen atoms in total. The van der Waals surface area contributed by atoms with Crippen LogP contribution in [-0.4, -0.2) is 21.7 Å². The molecule has 0 spiro atoms. The van der Waals surface area contributed by atoms with Crippen molar-refractivity contribution in [2.75, 3.05) is 10.6 Å². The van der Waals surface area contributed by atoms with Crippen LogP contribution < -0.4 is 10.6 Å². The number of nitrogens with one attached hydrogen (secondary N) is 2. The maximum Gasteiger partial charge on any atom is 0.269 e. The molecule has 0 aliphatic carbocycles. The van der Waals surface area contributed by atoms with Gasteiger partial charge in [-0.15, -0.1) is 0 Å². The van der Waals surface area contributed by atoms with Gasteiger partial charge in [-0.3, -0.25) is 29.8 Å². The minimum absolute atomic E-state index is 0.0351. The third kappa shape index (κ3) is 6.32. The molecule has 0 heterocycles. The van der Waals surface area contributed by atoms with Crippen LogP contribution in [0, 0.1) is 20.2 Å². The van der Waals surface area contributed by atoms with Crippen LogP contribution in [0.25, 0.3) is 22.9 Å². The van der Waals surface area contributed by atoms with Crippen molar-refractivity contribution in [3.63, 3.8) is 0 Å². The van der Waals surface area contributed by atoms with Gasteiger partial charge in [-0.05, 0) is 59.7 Å². The molecule has 2 N–H and O–H groups in total. The Balaban J connectivity index is 1.46. The first kappa shape index (κ1) is 25.5. The van der Waals surface area contributed by atoms with Crippen LogP contribution >= 0.6 is 0 Å². The van der Waals surface area contributed by atoms with Crippen LogP contribution in [0.15, 0.2) is 97.1 Å². The Kier molecular flexibility index (Phi) is 7.63. The van der Waals surface area contributed by atoms with Gasteiger partial charge in [0.05, 0.1) is 9.85 Å². The maximum atomic E-state index is 12.5. The normalized spacial score (nSPS) is 11.1. The number of non-ortho nitro benzene ring substituents is 2. The zero-order valence-electron chi connectivity index (χ0n) is 19.7. The Morgan fingerprint density at radius 2 is 0.947 bits per heavy atom. The lowest BCUT2D eigenvalue weighted by Crippen LogP contribution is -2.10. The fraction of sp³-hybridized carbons (Fsp3) is 0. The first-order valence-corrected chi connectivity index (χ1v) is 11.3. The fourth-order valence-electron chi connectivity index (χ4n) is 3.63. The highest BCUT2D eigenvalue weighted by atomic mass is 16.6. The minimum Gasteiger partial charge on any atom is -0.322 e. The summed E-state index contributed by atoms with van der Waals surface area (Å²) in [5, 5.41) is 28.6. The van der Waals surface area contributed by atoms with Crippen molar-refractivity contribution >= 4 is 57.5 Å². The molecule has 0 unspecified atom stereocenters. The number of amides is 2. The summed E-state index contributed by atoms with van der Waals surface area (Å²) in [6.45, 7) is 0. The van der Waals surface area contributed by atoms with E-state index in [0.717, 1.165) is 0 Å². The van der Waals surface area contributed by atoms with Crippen LogP contribution in [0.2, 0.25) is 0 Å². The lowest BCUT2D eigenvalue weighted by molar-refractivity contribution is -0.385. The summed E-state index contributed by atoms with van der Waals surface area (Å²) in [4.78, 5) is 45.6. The molecule has 38 heavy (non-hydrogen) atoms. The number of benzene rings is 4. The minimum atomic E-state index is -0.493. The summed E-state index contributed by atoms with van der Waals surface area (Å²) >= 11 is 0. The van der Waals surface area contributed by atoms with Gasteiger partial charge in [0, 0.05) is 58.6 Å². The van der Waals surface area contributed by atoms with Crippen LogP contribution in [0.1, 0.15) is 11.1 Å². The number of hydrogen-bond donors (Lipinski definition) is 2. The Hall–Kier alpha value is -5.64. The van der Waals surface area contributed by atoms with Gasteiger partial charge >= 0.3 is 0 Å². The van der Waals surface area contributed by atoms with Gasteiger partial charge in [-0.2, -0.15) is 0 Å². The molecule has 4 rings (SSSR count). The molecule has 0 bridgehead atoms. The number of fused-ring (bicyclic) bond motifs is 1. The molecule has 0 aromatic heterocycles. The first-order chi connectivity index (χ1) is 18.3. The highest BCUT2D eigenvalue weighted by Gasteiger charge is 2.09. The summed E-state index contributed by atoms with van der Waals surface area (Å²) < 4.78 is 0. The molecule has 0 aliphatic rings. The average molecular weight is 508 g/mol. The summed E-state index contributed by atoms with van der Waals surface area (Å²) in [5.74, 6) is -0.785. The lowest BCUT2D eigenvalue weighted by Gasteiger charge is -2.11. The van der Waals surface area contributed by atoms with Gasteiger partial charge < -0.3 is 10.6 Å². The molecule has 0 atom stereocenters. The SMILES string of the molecule is O=C(/C=C/c1ccc([N+](=O)[O-])cc1)Nc1cccc2c(NC(=O)/C=C/c3ccc([N+](=O)[O-])cc3)cccc12. The molecule has 0 saturated carbocycles. The quantitative estimate of drug-likeness (QED) is 0.171. The van der Waals surface area contributed by atoms with Gasteiger partial charge in [0.25, 0.3) is 11.4 Å². The Labute approximate surface area is 216 Å². The number of nitro groups is 2. The fourth-order valence-corrected chi connectivity index (χ4v) is 3.63. The molecule has 0 fully saturated rings. The van der Waals surface area contributed by atoms with E-state index in [0.29, 0.717) is 33.3 Å². The average Bonchev–Trinajstić information content (AvgIpc) is 2.91. The maximum absolute atomic E-state index is 12.5. The van der Waals surface area contributed by atoms with Gasteiger partial charge in [-0.1, -0.05) is 24.3 Å². The lowest BCUT2D eigenvalue weighted by atomic mass is 10.1. The molecule has 2 amide bonds. The Bertz CT molecular complexity index is 1470. The predicted molar refractivity (Wildman–Crippen MR) is 145 cm³/mol. The third-order valence-electron chi connectivity index (χ3n) is 5.50. The number of hydrogen-bond acceptors (Lipinski definition) is 6. The number of carbonyl (C=O) groups excluding carboxylic acids is 2. The van der Waals surface area contributed by atoms with Gasteiger partial charge in [0.15, 0.2) is 0 Å². The van der Waals surface area contributed by atoms with Crippen molar-refractivity contribution in [3.8, 4) is 0 Å². The van der Waals surface area contributed by atoms with E-state index in [1.807, 2.05) is 12.1 Å². The van der Waals surface area contributed by atoms with Crippen molar-refractivity contribution < 1.29 is 19.4 Å². The second-order valence-corrected chi connectivity index (χ2v) is 8.05. The molecule has 188 valence electrons. The first-order valence-electron chi connectivity index (χ1n) is 11.3. The van der Waals surface area contributed by atoms with Crippen molar-refractivity contribution in [3.05, 3.63) is 128 Å². The van der Waals surface area contributed by atoms with Gasteiger partial charge in [0.1, 0.15) is 0 Å². The number of nitrogens with zero attached hydrogens (tertiary/aromatic N) is 2. The van der Waals surface area contributed by atoms with E-state index in [1.54, 1.807) is 60.7 Å². The van der Waals surface area contributed by atoms with Crippen LogP contribution in [-0.2, 0) is 9.59 Å². The smallest absolute Gasteiger partial charge is 0.269 e. The molecule has 0 aliphatic heterocycles. The highest BCUT2D eigenvalue weighted by Crippen LogP contribution is 2.29. The van der Waals surface area contributed by atoms with E-state index in [1.165, 1.54) is 36.4 Å². The standard InChI is InChI=1S/C28H20N4O6/c33-27(17-11-19-7-13-21(14-8-19)31(35)36)29-25-5-1-3-23-24(25)4-2-6-26(23)30-28(34)18-12-20-9-15-22(16-10-20)32(37)38/h1-18H,(H,29,33)(H,30,34)/b17-11+,18-12+. The summed E-state index contributed by atoms with van der Waals surface area (Å²) in [6, 6.07) is 22.2. The molecular weight excluding hydrogens is 488 g/mol. The molecule has 0 radical (unpaired) electrons. The monoisotopic (exact) mass is 508 g/mol. The number of carbonyl (C=O) groups is 2. The number of nitro benzene ring substituents is 2. The van der Waals surface area contributed by atoms with Gasteiger partial charge in [-0.25, -0.2) is 0 Å². The Morgan fingerprint density at radius 1 is 0.579 bits per heavy atom. The second kappa shape index (κ2) is 11.4. The predicted octanol–water partition coefficient (Wildman–Crippen LogP) is 5.96. The van der Waals surface area contributed by atoms with E-state index < -0.39 is 21.7 Å². The van der Waals surface area contributed by atoms with Crippen LogP contribution in [0.4, 0.5) is 22.7 Å². The van der Waals surface area contributed by atoms with E-state index in [-0.39, 0.29) is 11.4 Å². The van der Waals surface area contributed by atoms with Crippen LogP contribution in [0.5, 0.6) is 0 Å². The zero-order valence-corrected chi connectivity index (χ0v) is 19.7. The summed E-state index contributed by atoms with van der Waals surface area (Å²) in [5.41, 5.74) is 2.28. The molecular formula is C28H20N4O6. The van der Waals surface area contributed by atoms with Crippen molar-refractivity contribution in [2.45, 2.75) is 0 Å². The van der Waals surface area contributed by atoms with Crippen molar-refractivity contribution in [2.24, 2.45) is 0 Å². The number of anilines is 2. The summed E-state index contributed by atoms with van der Waals surface area (Å²) in [7, 11) is 0. The van der Waals surface area contributed by atoms with Crippen molar-refractivity contribution in [1.82, 2.24) is 0 Å². The van der Waals surface area contributed by atoms with E-state index >= 15 is 0 Å². The molecule has 10 heteroatoms. The second-order valence-electron chi connectivity index (χ2n) is 8.05. The molecule has 0 saturated heterocycles. The molecule has 4 aromatic rings. The third-order valence-corrected chi connectivity index (χ3v) is 5.50. The largest absolute Gasteiger partial charge is 0.322 e. The topological polar surface area (TPSA) is 144 Å². The van der Waals surface area contributed by atoms with Crippen molar-refractivity contribution in [1.29, 1.82) is 0 Å². The van der Waals surface area contributed by atoms with E-state index in [9.17, 15) is 29.8 Å². The van der Waals surface area contributed by atoms with Gasteiger partial charge in [0.2, 0.25) is 11.8 Å². The summed E-state index contributed by atoms with van der Waals surface area (Å²) in [6.07, 6.45) is 5.75. The van der Waals surface area contributed by atoms with E-state index in [2.05, 4.69) is 10.6 Å². The highest BCUT2D eigenvalue weighted by molar-refractivity contribution is 6.12. The zero-order chi connectivity index (χ0) is 27.1. The number of rotatable bonds is 8. The van der Waals surface area contributed by atoms with Crippen LogP contribution in [0.3, 0.4) is 0 Å². The molecule has 4 aromatic carbocycles. The van der Waals surface area contributed by atoms with E-state index in [4.69, 9.17) is 0 Å². The Morgan fingerprint density at radius 3 is 1.29 bits per heavy atom.